The molecule has 0 aliphatic carbocycles. The zero-order chi connectivity index (χ0) is 13.1. The van der Waals surface area contributed by atoms with Crippen LogP contribution in [-0.2, 0) is 6.42 Å². The van der Waals surface area contributed by atoms with Crippen molar-refractivity contribution in [3.8, 4) is 17.1 Å². The molecule has 0 unspecified atom stereocenters. The number of H-pyrrole nitrogens is 1. The molecule has 1 aliphatic rings. The van der Waals surface area contributed by atoms with Crippen LogP contribution in [0.2, 0.25) is 0 Å². The second-order valence-corrected chi connectivity index (χ2v) is 4.17. The topological polar surface area (TPSA) is 76.1 Å². The number of tetrazole rings is 1. The molecule has 1 aliphatic heterocycles. The van der Waals surface area contributed by atoms with Gasteiger partial charge in [-0.15, -0.1) is 10.2 Å². The first-order valence-corrected chi connectivity index (χ1v) is 5.97. The number of ether oxygens (including phenoxy) is 1. The maximum atomic E-state index is 5.38. The summed E-state index contributed by atoms with van der Waals surface area (Å²) in [5, 5.41) is 14.0. The van der Waals surface area contributed by atoms with Crippen LogP contribution in [0, 0.1) is 0 Å². The van der Waals surface area contributed by atoms with Gasteiger partial charge >= 0.3 is 0 Å². The van der Waals surface area contributed by atoms with Crippen molar-refractivity contribution in [1.82, 2.24) is 20.6 Å². The van der Waals surface area contributed by atoms with E-state index < -0.39 is 0 Å². The van der Waals surface area contributed by atoms with Crippen molar-refractivity contribution in [2.75, 3.05) is 13.7 Å². The van der Waals surface area contributed by atoms with E-state index in [1.165, 1.54) is 0 Å². The number of nitrogens with one attached hydrogen (secondary N) is 1. The molecular formula is C13H13N5O. The molecule has 2 aromatic rings. The second kappa shape index (κ2) is 5.01. The van der Waals surface area contributed by atoms with Gasteiger partial charge in [0.15, 0.2) is 0 Å². The van der Waals surface area contributed by atoms with Crippen molar-refractivity contribution in [2.45, 2.75) is 6.42 Å². The maximum absolute atomic E-state index is 5.38. The Bertz CT molecular complexity index is 630. The molecular weight excluding hydrogens is 242 g/mol. The van der Waals surface area contributed by atoms with E-state index in [0.717, 1.165) is 35.6 Å². The lowest BCUT2D eigenvalue weighted by molar-refractivity contribution is 0.411. The molecule has 96 valence electrons. The number of aromatic amines is 1. The van der Waals surface area contributed by atoms with Crippen LogP contribution in [0.15, 0.2) is 35.3 Å². The van der Waals surface area contributed by atoms with Gasteiger partial charge in [0.1, 0.15) is 5.75 Å². The average molecular weight is 255 g/mol. The molecule has 1 aromatic carbocycles. The summed E-state index contributed by atoms with van der Waals surface area (Å²) in [6.45, 7) is 0.766. The Morgan fingerprint density at radius 3 is 3.00 bits per heavy atom. The monoisotopic (exact) mass is 255 g/mol. The van der Waals surface area contributed by atoms with Gasteiger partial charge in [-0.05, 0) is 29.5 Å². The predicted octanol–water partition coefficient (Wildman–Crippen LogP) is 1.43. The van der Waals surface area contributed by atoms with Crippen LogP contribution in [0.5, 0.6) is 5.75 Å². The van der Waals surface area contributed by atoms with E-state index in [0.29, 0.717) is 5.82 Å². The molecule has 1 aromatic heterocycles. The van der Waals surface area contributed by atoms with Crippen LogP contribution in [0.1, 0.15) is 5.56 Å². The summed E-state index contributed by atoms with van der Waals surface area (Å²) in [4.78, 5) is 4.40. The Hall–Kier alpha value is -2.50. The summed E-state index contributed by atoms with van der Waals surface area (Å²) in [5.74, 6) is 1.42. The van der Waals surface area contributed by atoms with Crippen LogP contribution < -0.4 is 4.74 Å². The molecule has 0 atom stereocenters. The lowest BCUT2D eigenvalue weighted by Crippen LogP contribution is -2.01. The number of nitrogens with zero attached hydrogens (tertiary/aromatic N) is 4. The van der Waals surface area contributed by atoms with Crippen molar-refractivity contribution in [3.05, 3.63) is 35.9 Å². The fourth-order valence-corrected chi connectivity index (χ4v) is 2.06. The van der Waals surface area contributed by atoms with Gasteiger partial charge in [-0.1, -0.05) is 6.08 Å². The minimum Gasteiger partial charge on any atom is -0.496 e. The summed E-state index contributed by atoms with van der Waals surface area (Å²) in [6.07, 6.45) is 4.83. The van der Waals surface area contributed by atoms with Crippen molar-refractivity contribution in [1.29, 1.82) is 0 Å². The third-order valence-corrected chi connectivity index (χ3v) is 2.97. The van der Waals surface area contributed by atoms with Crippen LogP contribution in [0.3, 0.4) is 0 Å². The van der Waals surface area contributed by atoms with Gasteiger partial charge in [0.2, 0.25) is 5.82 Å². The molecule has 1 N–H and O–H groups in total. The second-order valence-electron chi connectivity index (χ2n) is 4.17. The highest BCUT2D eigenvalue weighted by Gasteiger charge is 2.11. The van der Waals surface area contributed by atoms with Gasteiger partial charge in [-0.25, -0.2) is 0 Å². The highest BCUT2D eigenvalue weighted by atomic mass is 16.5. The molecule has 19 heavy (non-hydrogen) atoms. The number of hydrogen-bond acceptors (Lipinski definition) is 5. The Kier molecular flexibility index (Phi) is 3.06. The lowest BCUT2D eigenvalue weighted by Gasteiger charge is -2.09. The zero-order valence-corrected chi connectivity index (χ0v) is 10.5. The fourth-order valence-electron chi connectivity index (χ4n) is 2.06. The molecule has 6 heteroatoms. The minimum atomic E-state index is 0.577. The number of methoxy groups -OCH3 is 1. The minimum absolute atomic E-state index is 0.577. The molecule has 0 saturated carbocycles. The SMILES string of the molecule is COc1ccc(-c2nn[nH]n2)cc1CC1=NCC=C1. The third-order valence-electron chi connectivity index (χ3n) is 2.97. The molecule has 0 radical (unpaired) electrons. The van der Waals surface area contributed by atoms with Gasteiger partial charge in [0.25, 0.3) is 0 Å². The van der Waals surface area contributed by atoms with E-state index in [1.54, 1.807) is 7.11 Å². The summed E-state index contributed by atoms with van der Waals surface area (Å²) in [6, 6.07) is 5.85. The first-order chi connectivity index (χ1) is 9.36. The van der Waals surface area contributed by atoms with E-state index in [1.807, 2.05) is 30.4 Å². The Morgan fingerprint density at radius 1 is 1.37 bits per heavy atom. The van der Waals surface area contributed by atoms with Gasteiger partial charge in [-0.3, -0.25) is 4.99 Å². The van der Waals surface area contributed by atoms with Crippen LogP contribution in [0.4, 0.5) is 0 Å². The zero-order valence-electron chi connectivity index (χ0n) is 10.5. The highest BCUT2D eigenvalue weighted by Crippen LogP contribution is 2.25. The average Bonchev–Trinajstić information content (AvgIpc) is 3.11. The lowest BCUT2D eigenvalue weighted by atomic mass is 10.0. The van der Waals surface area contributed by atoms with Crippen LogP contribution >= 0.6 is 0 Å². The summed E-state index contributed by atoms with van der Waals surface area (Å²) in [7, 11) is 1.67. The number of hydrogen-bond donors (Lipinski definition) is 1. The third kappa shape index (κ3) is 2.37. The molecule has 0 spiro atoms. The van der Waals surface area contributed by atoms with E-state index in [-0.39, 0.29) is 0 Å². The summed E-state index contributed by atoms with van der Waals surface area (Å²) >= 11 is 0. The molecule has 0 bridgehead atoms. The molecule has 0 fully saturated rings. The smallest absolute Gasteiger partial charge is 0.204 e. The number of allylic oxidation sites excluding steroid dienone is 1. The summed E-state index contributed by atoms with van der Waals surface area (Å²) < 4.78 is 5.38. The quantitative estimate of drug-likeness (QED) is 0.896. The van der Waals surface area contributed by atoms with Crippen molar-refractivity contribution in [3.63, 3.8) is 0 Å². The van der Waals surface area contributed by atoms with E-state index in [4.69, 9.17) is 4.74 Å². The van der Waals surface area contributed by atoms with E-state index in [9.17, 15) is 0 Å². The van der Waals surface area contributed by atoms with Gasteiger partial charge < -0.3 is 4.74 Å². The van der Waals surface area contributed by atoms with Gasteiger partial charge in [0.05, 0.1) is 13.7 Å². The van der Waals surface area contributed by atoms with Crippen LogP contribution in [-0.4, -0.2) is 40.0 Å². The molecule has 6 nitrogen and oxygen atoms in total. The molecule has 0 amide bonds. The number of aliphatic imine (C=N–C) groups is 1. The van der Waals surface area contributed by atoms with Gasteiger partial charge in [-0.2, -0.15) is 5.21 Å². The van der Waals surface area contributed by atoms with Crippen molar-refractivity contribution < 1.29 is 4.74 Å². The van der Waals surface area contributed by atoms with Crippen LogP contribution in [0.25, 0.3) is 11.4 Å². The molecule has 0 saturated heterocycles. The summed E-state index contributed by atoms with van der Waals surface area (Å²) in [5.41, 5.74) is 3.03. The normalized spacial score (nSPS) is 13.6. The van der Waals surface area contributed by atoms with E-state index in [2.05, 4.69) is 25.6 Å². The Balaban J connectivity index is 1.95. The van der Waals surface area contributed by atoms with E-state index >= 15 is 0 Å². The van der Waals surface area contributed by atoms with Crippen molar-refractivity contribution >= 4 is 5.71 Å². The highest BCUT2D eigenvalue weighted by molar-refractivity contribution is 5.98. The fraction of sp³-hybridized carbons (Fsp3) is 0.231. The molecule has 3 rings (SSSR count). The maximum Gasteiger partial charge on any atom is 0.204 e. The predicted molar refractivity (Wildman–Crippen MR) is 71.3 cm³/mol. The molecule has 2 heterocycles. The number of rotatable bonds is 4. The Labute approximate surface area is 110 Å². The number of aromatic nitrogens is 4. The van der Waals surface area contributed by atoms with Gasteiger partial charge in [0, 0.05) is 23.3 Å². The first kappa shape index (κ1) is 11.6. The first-order valence-electron chi connectivity index (χ1n) is 5.97. The number of benzene rings is 1. The Morgan fingerprint density at radius 2 is 2.32 bits per heavy atom. The largest absolute Gasteiger partial charge is 0.496 e. The van der Waals surface area contributed by atoms with Crippen molar-refractivity contribution in [2.24, 2.45) is 4.99 Å². The standard InChI is InChI=1S/C13H13N5O/c1-19-12-5-4-9(13-15-17-18-16-13)7-10(12)8-11-3-2-6-14-11/h2-5,7H,6,8H2,1H3,(H,15,16,17,18).